The van der Waals surface area contributed by atoms with Crippen LogP contribution in [0.5, 0.6) is 6.01 Å². The van der Waals surface area contributed by atoms with E-state index in [0.717, 1.165) is 17.2 Å². The molecule has 3 aliphatic heterocycles. The second-order valence-corrected chi connectivity index (χ2v) is 7.13. The molecule has 2 aromatic rings. The highest BCUT2D eigenvalue weighted by molar-refractivity contribution is 5.58. The number of aromatic amines is 1. The summed E-state index contributed by atoms with van der Waals surface area (Å²) in [6, 6.07) is 11.0. The maximum Gasteiger partial charge on any atom is 0.294 e. The standard InChI is InChI=1S/C18H21N3O/c1-2-4-13(5-3-1)16-8-19-18(20-16)22-17-14-6-12-7-15(17)11-21(9-12)10-14/h1-5,8,12,14-15,17H,6-7,9-11H2,(H,19,20)/t12?,14-,15-,17?/m1/s1. The lowest BCUT2D eigenvalue weighted by molar-refractivity contribution is -0.101. The molecule has 4 heterocycles. The van der Waals surface area contributed by atoms with Crippen molar-refractivity contribution in [2.24, 2.45) is 17.8 Å². The van der Waals surface area contributed by atoms with Crippen LogP contribution in [0.3, 0.4) is 0 Å². The second kappa shape index (κ2) is 4.85. The van der Waals surface area contributed by atoms with E-state index in [0.29, 0.717) is 24.0 Å². The fourth-order valence-electron chi connectivity index (χ4n) is 4.81. The van der Waals surface area contributed by atoms with E-state index in [1.807, 2.05) is 24.4 Å². The third-order valence-electron chi connectivity index (χ3n) is 5.59. The van der Waals surface area contributed by atoms with Gasteiger partial charge in [-0.2, -0.15) is 0 Å². The van der Waals surface area contributed by atoms with Gasteiger partial charge in [0.25, 0.3) is 6.01 Å². The molecule has 4 nitrogen and oxygen atoms in total. The number of hydrogen-bond acceptors (Lipinski definition) is 3. The summed E-state index contributed by atoms with van der Waals surface area (Å²) >= 11 is 0. The molecule has 0 radical (unpaired) electrons. The molecule has 4 heteroatoms. The van der Waals surface area contributed by atoms with Gasteiger partial charge < -0.3 is 14.6 Å². The number of nitrogens with zero attached hydrogens (tertiary/aromatic N) is 2. The van der Waals surface area contributed by atoms with Crippen molar-refractivity contribution >= 4 is 0 Å². The number of aromatic nitrogens is 2. The molecule has 4 bridgehead atoms. The minimum atomic E-state index is 0.350. The summed E-state index contributed by atoms with van der Waals surface area (Å²) in [4.78, 5) is 10.4. The average Bonchev–Trinajstić information content (AvgIpc) is 3.00. The summed E-state index contributed by atoms with van der Waals surface area (Å²) in [5.41, 5.74) is 2.18. The van der Waals surface area contributed by atoms with Crippen LogP contribution >= 0.6 is 0 Å². The molecule has 0 unspecified atom stereocenters. The first-order valence-electron chi connectivity index (χ1n) is 8.34. The van der Waals surface area contributed by atoms with Crippen LogP contribution in [0.4, 0.5) is 0 Å². The lowest BCUT2D eigenvalue weighted by Gasteiger charge is -2.55. The highest BCUT2D eigenvalue weighted by atomic mass is 16.5. The van der Waals surface area contributed by atoms with Gasteiger partial charge in [-0.3, -0.25) is 0 Å². The molecule has 114 valence electrons. The van der Waals surface area contributed by atoms with Gasteiger partial charge in [-0.15, -0.1) is 0 Å². The third kappa shape index (κ3) is 2.05. The minimum absolute atomic E-state index is 0.350. The van der Waals surface area contributed by atoms with Crippen molar-refractivity contribution in [3.05, 3.63) is 36.5 Å². The van der Waals surface area contributed by atoms with Crippen molar-refractivity contribution in [2.75, 3.05) is 19.6 Å². The number of H-pyrrole nitrogens is 1. The predicted molar refractivity (Wildman–Crippen MR) is 84.6 cm³/mol. The van der Waals surface area contributed by atoms with Gasteiger partial charge >= 0.3 is 0 Å². The SMILES string of the molecule is c1ccc(-c2cnc(OC3[C@@H]4CC5C[C@@H]3CN(C5)C4)[nH]2)cc1. The lowest BCUT2D eigenvalue weighted by Crippen LogP contribution is -2.61. The van der Waals surface area contributed by atoms with Gasteiger partial charge in [0.15, 0.2) is 0 Å². The molecule has 3 saturated heterocycles. The largest absolute Gasteiger partial charge is 0.461 e. The van der Waals surface area contributed by atoms with Gasteiger partial charge in [-0.05, 0) is 24.3 Å². The Hall–Kier alpha value is -1.81. The molecule has 1 saturated carbocycles. The van der Waals surface area contributed by atoms with E-state index in [4.69, 9.17) is 4.74 Å². The second-order valence-electron chi connectivity index (χ2n) is 7.13. The zero-order valence-electron chi connectivity index (χ0n) is 12.6. The van der Waals surface area contributed by atoms with Gasteiger partial charge in [-0.1, -0.05) is 30.3 Å². The van der Waals surface area contributed by atoms with E-state index in [1.165, 1.54) is 32.5 Å². The summed E-state index contributed by atoms with van der Waals surface area (Å²) in [5.74, 6) is 2.29. The van der Waals surface area contributed by atoms with Crippen LogP contribution in [0.1, 0.15) is 12.8 Å². The Morgan fingerprint density at radius 2 is 1.82 bits per heavy atom. The highest BCUT2D eigenvalue weighted by Gasteiger charge is 2.48. The number of rotatable bonds is 3. The van der Waals surface area contributed by atoms with E-state index < -0.39 is 0 Å². The molecule has 22 heavy (non-hydrogen) atoms. The number of nitrogens with one attached hydrogen (secondary N) is 1. The summed E-state index contributed by atoms with van der Waals surface area (Å²) in [5, 5.41) is 0. The normalized spacial score (nSPS) is 35.7. The van der Waals surface area contributed by atoms with Crippen molar-refractivity contribution in [1.82, 2.24) is 14.9 Å². The number of hydrogen-bond donors (Lipinski definition) is 1. The van der Waals surface area contributed by atoms with Crippen LogP contribution in [0.25, 0.3) is 11.3 Å². The van der Waals surface area contributed by atoms with Gasteiger partial charge in [-0.25, -0.2) is 4.98 Å². The Labute approximate surface area is 130 Å². The molecule has 1 aliphatic carbocycles. The van der Waals surface area contributed by atoms with Gasteiger partial charge in [0.1, 0.15) is 6.10 Å². The van der Waals surface area contributed by atoms with Crippen LogP contribution in [-0.4, -0.2) is 40.6 Å². The smallest absolute Gasteiger partial charge is 0.294 e. The molecular weight excluding hydrogens is 274 g/mol. The average molecular weight is 295 g/mol. The van der Waals surface area contributed by atoms with Gasteiger partial charge in [0.05, 0.1) is 11.9 Å². The molecular formula is C18H21N3O. The van der Waals surface area contributed by atoms with Crippen LogP contribution < -0.4 is 4.74 Å². The van der Waals surface area contributed by atoms with Gasteiger partial charge in [0.2, 0.25) is 0 Å². The lowest BCUT2D eigenvalue weighted by atomic mass is 9.66. The maximum absolute atomic E-state index is 6.30. The first-order valence-corrected chi connectivity index (χ1v) is 8.34. The number of piperidine rings is 3. The predicted octanol–water partition coefficient (Wildman–Crippen LogP) is 2.80. The molecule has 1 aromatic heterocycles. The van der Waals surface area contributed by atoms with Crippen molar-refractivity contribution in [2.45, 2.75) is 18.9 Å². The zero-order valence-corrected chi connectivity index (χ0v) is 12.6. The highest BCUT2D eigenvalue weighted by Crippen LogP contribution is 2.44. The molecule has 1 aromatic carbocycles. The van der Waals surface area contributed by atoms with E-state index in [9.17, 15) is 0 Å². The summed E-state index contributed by atoms with van der Waals surface area (Å²) in [7, 11) is 0. The Morgan fingerprint density at radius 3 is 2.55 bits per heavy atom. The topological polar surface area (TPSA) is 41.1 Å². The molecule has 0 spiro atoms. The van der Waals surface area contributed by atoms with E-state index in [2.05, 4.69) is 27.0 Å². The van der Waals surface area contributed by atoms with E-state index in [-0.39, 0.29) is 0 Å². The molecule has 4 aliphatic rings. The number of imidazole rings is 1. The Bertz CT molecular complexity index is 638. The first kappa shape index (κ1) is 12.7. The molecule has 2 atom stereocenters. The van der Waals surface area contributed by atoms with Gasteiger partial charge in [0, 0.05) is 31.5 Å². The fraction of sp³-hybridized carbons (Fsp3) is 0.500. The monoisotopic (exact) mass is 295 g/mol. The third-order valence-corrected chi connectivity index (χ3v) is 5.59. The molecule has 0 amide bonds. The fourth-order valence-corrected chi connectivity index (χ4v) is 4.81. The van der Waals surface area contributed by atoms with E-state index >= 15 is 0 Å². The molecule has 1 N–H and O–H groups in total. The first-order chi connectivity index (χ1) is 10.8. The Morgan fingerprint density at radius 1 is 1.05 bits per heavy atom. The van der Waals surface area contributed by atoms with E-state index in [1.54, 1.807) is 0 Å². The van der Waals surface area contributed by atoms with Crippen molar-refractivity contribution in [3.63, 3.8) is 0 Å². The van der Waals surface area contributed by atoms with Crippen molar-refractivity contribution < 1.29 is 4.74 Å². The molecule has 4 fully saturated rings. The van der Waals surface area contributed by atoms with Crippen LogP contribution in [0.2, 0.25) is 0 Å². The maximum atomic E-state index is 6.30. The molecule has 6 rings (SSSR count). The van der Waals surface area contributed by atoms with Crippen molar-refractivity contribution in [3.8, 4) is 17.3 Å². The minimum Gasteiger partial charge on any atom is -0.461 e. The summed E-state index contributed by atoms with van der Waals surface area (Å²) in [6.45, 7) is 3.74. The Kier molecular flexibility index (Phi) is 2.80. The van der Waals surface area contributed by atoms with Crippen LogP contribution in [-0.2, 0) is 0 Å². The quantitative estimate of drug-likeness (QED) is 0.946. The summed E-state index contributed by atoms with van der Waals surface area (Å²) < 4.78 is 6.30. The number of ether oxygens (including phenoxy) is 1. The zero-order chi connectivity index (χ0) is 14.5. The van der Waals surface area contributed by atoms with Crippen LogP contribution in [0.15, 0.2) is 36.5 Å². The number of benzene rings is 1. The summed E-state index contributed by atoms with van der Waals surface area (Å²) in [6.07, 6.45) is 4.90. The Balaban J connectivity index is 1.35. The van der Waals surface area contributed by atoms with Crippen molar-refractivity contribution in [1.29, 1.82) is 0 Å². The van der Waals surface area contributed by atoms with Crippen LogP contribution in [0, 0.1) is 17.8 Å².